The lowest BCUT2D eigenvalue weighted by Crippen LogP contribution is -2.37. The zero-order valence-corrected chi connectivity index (χ0v) is 26.7. The molecule has 242 valence electrons. The third-order valence-corrected chi connectivity index (χ3v) is 10.9. The third kappa shape index (κ3) is 5.15. The van der Waals surface area contributed by atoms with Crippen LogP contribution in [0.4, 0.5) is 24.0 Å². The number of aromatic nitrogens is 2. The molecule has 4 aliphatic rings. The Labute approximate surface area is 272 Å². The molecular formula is C32H33ClF3N7O2S. The second-order valence-corrected chi connectivity index (χ2v) is 13.7. The largest absolute Gasteiger partial charge is 0.489 e. The van der Waals surface area contributed by atoms with E-state index in [2.05, 4.69) is 19.8 Å². The predicted octanol–water partition coefficient (Wildman–Crippen LogP) is 6.18. The van der Waals surface area contributed by atoms with E-state index in [4.69, 9.17) is 32.5 Å². The molecule has 1 aliphatic carbocycles. The van der Waals surface area contributed by atoms with E-state index in [-0.39, 0.29) is 72.8 Å². The number of nitrogens with zero attached hydrogens (tertiary/aromatic N) is 5. The number of benzene rings is 2. The highest BCUT2D eigenvalue weighted by Crippen LogP contribution is 2.51. The maximum Gasteiger partial charge on any atom is 0.318 e. The van der Waals surface area contributed by atoms with Gasteiger partial charge in [-0.05, 0) is 56.7 Å². The Hall–Kier alpha value is -3.57. The molecule has 3 aliphatic heterocycles. The van der Waals surface area contributed by atoms with Crippen LogP contribution in [-0.4, -0.2) is 72.5 Å². The number of alkyl halides is 1. The van der Waals surface area contributed by atoms with Crippen molar-refractivity contribution >= 4 is 54.7 Å². The van der Waals surface area contributed by atoms with Crippen molar-refractivity contribution in [2.45, 2.75) is 62.8 Å². The van der Waals surface area contributed by atoms with Crippen LogP contribution in [-0.2, 0) is 0 Å². The maximum absolute atomic E-state index is 16.5. The highest BCUT2D eigenvalue weighted by molar-refractivity contribution is 7.23. The Balaban J connectivity index is 0.000000321. The van der Waals surface area contributed by atoms with Crippen LogP contribution in [0.5, 0.6) is 11.8 Å². The quantitative estimate of drug-likeness (QED) is 0.263. The zero-order valence-electron chi connectivity index (χ0n) is 25.2. The average molecular weight is 672 g/mol. The molecule has 3 fully saturated rings. The fourth-order valence-electron chi connectivity index (χ4n) is 7.42. The summed E-state index contributed by atoms with van der Waals surface area (Å²) in [5, 5.41) is 10.4. The molecule has 0 amide bonds. The molecule has 1 saturated carbocycles. The number of halogens is 4. The summed E-state index contributed by atoms with van der Waals surface area (Å²) in [6, 6.07) is 5.35. The highest BCUT2D eigenvalue weighted by atomic mass is 35.5. The smallest absolute Gasteiger partial charge is 0.318 e. The fraction of sp³-hybridized carbons (Fsp3) is 0.469. The first-order chi connectivity index (χ1) is 22.2. The van der Waals surface area contributed by atoms with Crippen LogP contribution in [0.15, 0.2) is 12.1 Å². The lowest BCUT2D eigenvalue weighted by Gasteiger charge is -2.29. The molecule has 4 unspecified atom stereocenters. The Morgan fingerprint density at radius 1 is 1.13 bits per heavy atom. The molecule has 4 aromatic rings. The van der Waals surface area contributed by atoms with E-state index in [9.17, 15) is 14.0 Å². The van der Waals surface area contributed by atoms with E-state index < -0.39 is 17.8 Å². The molecule has 8 rings (SSSR count). The SMILES string of the molecule is COc1nc2c3c(c(Cl)c(-c4ccc(F)c5sc(N)c(C#N)c45)c(F)c3n1)OCCN2C1CCC(N)C1.FC1CC2CCCN2C1. The van der Waals surface area contributed by atoms with E-state index in [1.54, 1.807) is 0 Å². The van der Waals surface area contributed by atoms with Crippen molar-refractivity contribution in [2.75, 3.05) is 44.0 Å². The Bertz CT molecular complexity index is 1870. The first kappa shape index (κ1) is 31.1. The topological polar surface area (TPSA) is 127 Å². The van der Waals surface area contributed by atoms with Gasteiger partial charge in [-0.3, -0.25) is 4.90 Å². The van der Waals surface area contributed by atoms with Crippen molar-refractivity contribution < 1.29 is 22.6 Å². The summed E-state index contributed by atoms with van der Waals surface area (Å²) in [5.41, 5.74) is 12.3. The van der Waals surface area contributed by atoms with Crippen LogP contribution >= 0.6 is 22.9 Å². The molecule has 2 aromatic heterocycles. The molecule has 14 heteroatoms. The van der Waals surface area contributed by atoms with E-state index in [1.807, 2.05) is 6.07 Å². The maximum atomic E-state index is 16.5. The molecule has 4 atom stereocenters. The summed E-state index contributed by atoms with van der Waals surface area (Å²) in [7, 11) is 1.41. The molecule has 5 heterocycles. The van der Waals surface area contributed by atoms with Crippen LogP contribution in [0.1, 0.15) is 44.1 Å². The summed E-state index contributed by atoms with van der Waals surface area (Å²) in [5.74, 6) is -0.654. The van der Waals surface area contributed by atoms with Gasteiger partial charge in [-0.15, -0.1) is 11.3 Å². The lowest BCUT2D eigenvalue weighted by molar-refractivity contribution is 0.292. The number of nitriles is 1. The second kappa shape index (κ2) is 12.2. The number of methoxy groups -OCH3 is 1. The molecule has 46 heavy (non-hydrogen) atoms. The van der Waals surface area contributed by atoms with Gasteiger partial charge in [-0.2, -0.15) is 15.2 Å². The van der Waals surface area contributed by atoms with Crippen molar-refractivity contribution in [3.63, 3.8) is 0 Å². The van der Waals surface area contributed by atoms with Crippen LogP contribution in [0, 0.1) is 23.0 Å². The van der Waals surface area contributed by atoms with Crippen LogP contribution in [0.2, 0.25) is 5.02 Å². The number of nitrogen functional groups attached to an aromatic ring is 1. The van der Waals surface area contributed by atoms with E-state index in [1.165, 1.54) is 32.1 Å². The number of rotatable bonds is 3. The van der Waals surface area contributed by atoms with E-state index in [0.29, 0.717) is 30.3 Å². The molecule has 9 nitrogen and oxygen atoms in total. The van der Waals surface area contributed by atoms with Gasteiger partial charge in [-0.1, -0.05) is 17.7 Å². The molecular weight excluding hydrogens is 639 g/mol. The number of thiophene rings is 1. The average Bonchev–Trinajstić information content (AvgIpc) is 3.79. The Kier molecular flexibility index (Phi) is 8.25. The third-order valence-electron chi connectivity index (χ3n) is 9.52. The number of hydrogen-bond donors (Lipinski definition) is 2. The van der Waals surface area contributed by atoms with Crippen LogP contribution in [0.25, 0.3) is 32.1 Å². The van der Waals surface area contributed by atoms with Gasteiger partial charge in [0.2, 0.25) is 0 Å². The van der Waals surface area contributed by atoms with Gasteiger partial charge in [0, 0.05) is 35.6 Å². The van der Waals surface area contributed by atoms with Gasteiger partial charge >= 0.3 is 6.01 Å². The summed E-state index contributed by atoms with van der Waals surface area (Å²) < 4.78 is 55.4. The predicted molar refractivity (Wildman–Crippen MR) is 174 cm³/mol. The normalized spacial score (nSPS) is 24.0. The zero-order chi connectivity index (χ0) is 32.3. The first-order valence-corrected chi connectivity index (χ1v) is 16.6. The van der Waals surface area contributed by atoms with Crippen LogP contribution < -0.4 is 25.8 Å². The Morgan fingerprint density at radius 3 is 2.67 bits per heavy atom. The molecule has 0 radical (unpaired) electrons. The minimum atomic E-state index is -0.763. The molecule has 4 N–H and O–H groups in total. The monoisotopic (exact) mass is 671 g/mol. The first-order valence-electron chi connectivity index (χ1n) is 15.4. The molecule has 0 bridgehead atoms. The number of fused-ring (bicyclic) bond motifs is 2. The Morgan fingerprint density at radius 2 is 1.96 bits per heavy atom. The van der Waals surface area contributed by atoms with E-state index in [0.717, 1.165) is 43.6 Å². The van der Waals surface area contributed by atoms with Crippen molar-refractivity contribution in [3.8, 4) is 29.0 Å². The summed E-state index contributed by atoms with van der Waals surface area (Å²) in [4.78, 5) is 13.3. The van der Waals surface area contributed by atoms with Crippen molar-refractivity contribution in [3.05, 3.63) is 34.4 Å². The standard InChI is InChI=1S/C25H21ClF2N6O2S.C7H12FN/c1-35-25-32-20-17-21(36-7-6-34(24(17)33-25)11-3-2-10(30)8-11)18(26)16(19(20)28)12-4-5-14(27)22-15(12)13(9-29)23(31)37-22;8-6-4-7-2-1-3-9(7)5-6/h4-5,10-11H,2-3,6-8,30-31H2,1H3;6-7H,1-5H2. The van der Waals surface area contributed by atoms with Gasteiger partial charge in [0.1, 0.15) is 41.0 Å². The fourth-order valence-corrected chi connectivity index (χ4v) is 8.71. The molecule has 2 saturated heterocycles. The summed E-state index contributed by atoms with van der Waals surface area (Å²) in [6.07, 6.45) is 5.32. The minimum absolute atomic E-state index is 0.0171. The van der Waals surface area contributed by atoms with Crippen molar-refractivity contribution in [2.24, 2.45) is 5.73 Å². The molecule has 2 aromatic carbocycles. The van der Waals surface area contributed by atoms with Gasteiger partial charge in [0.15, 0.2) is 11.6 Å². The van der Waals surface area contributed by atoms with E-state index >= 15 is 4.39 Å². The van der Waals surface area contributed by atoms with Crippen molar-refractivity contribution in [1.29, 1.82) is 5.26 Å². The van der Waals surface area contributed by atoms with Gasteiger partial charge in [0.05, 0.1) is 34.3 Å². The minimum Gasteiger partial charge on any atom is -0.489 e. The summed E-state index contributed by atoms with van der Waals surface area (Å²) in [6.45, 7) is 2.60. The van der Waals surface area contributed by atoms with Crippen molar-refractivity contribution in [1.82, 2.24) is 14.9 Å². The van der Waals surface area contributed by atoms with Gasteiger partial charge in [0.25, 0.3) is 0 Å². The second-order valence-electron chi connectivity index (χ2n) is 12.2. The van der Waals surface area contributed by atoms with Gasteiger partial charge < -0.3 is 25.8 Å². The lowest BCUT2D eigenvalue weighted by atomic mass is 9.96. The number of anilines is 2. The van der Waals surface area contributed by atoms with Gasteiger partial charge in [-0.25, -0.2) is 13.2 Å². The number of hydrogen-bond acceptors (Lipinski definition) is 10. The number of nitrogens with two attached hydrogens (primary N) is 2. The molecule has 0 spiro atoms. The van der Waals surface area contributed by atoms with Crippen LogP contribution in [0.3, 0.4) is 0 Å². The highest BCUT2D eigenvalue weighted by Gasteiger charge is 2.36. The summed E-state index contributed by atoms with van der Waals surface area (Å²) >= 11 is 7.78. The number of ether oxygens (including phenoxy) is 2.